The normalized spacial score (nSPS) is 10.7. The Hall–Kier alpha value is -3.28. The van der Waals surface area contributed by atoms with E-state index in [9.17, 15) is 9.18 Å². The zero-order valence-electron chi connectivity index (χ0n) is 16.0. The molecule has 1 amide bonds. The van der Waals surface area contributed by atoms with Gasteiger partial charge in [0.25, 0.3) is 5.91 Å². The highest BCUT2D eigenvalue weighted by Crippen LogP contribution is 2.13. The molecule has 0 saturated carbocycles. The Balaban J connectivity index is 1.65. The van der Waals surface area contributed by atoms with Crippen LogP contribution in [-0.4, -0.2) is 26.8 Å². The largest absolute Gasteiger partial charge is 0.350 e. The molecule has 0 unspecified atom stereocenters. The predicted molar refractivity (Wildman–Crippen MR) is 107 cm³/mol. The lowest BCUT2D eigenvalue weighted by atomic mass is 10.1. The van der Waals surface area contributed by atoms with Crippen molar-refractivity contribution in [1.29, 1.82) is 0 Å². The molecule has 0 radical (unpaired) electrons. The Kier molecular flexibility index (Phi) is 6.32. The van der Waals surface area contributed by atoms with Gasteiger partial charge in [-0.1, -0.05) is 42.5 Å². The fraction of sp³-hybridized carbons (Fsp3) is 0.227. The average molecular weight is 378 g/mol. The van der Waals surface area contributed by atoms with E-state index >= 15 is 0 Å². The van der Waals surface area contributed by atoms with Gasteiger partial charge in [0, 0.05) is 31.5 Å². The van der Waals surface area contributed by atoms with Crippen LogP contribution in [0.5, 0.6) is 0 Å². The lowest BCUT2D eigenvalue weighted by Gasteiger charge is -2.26. The van der Waals surface area contributed by atoms with Gasteiger partial charge < -0.3 is 10.2 Å². The van der Waals surface area contributed by atoms with Crippen molar-refractivity contribution >= 4 is 11.9 Å². The quantitative estimate of drug-likeness (QED) is 0.667. The van der Waals surface area contributed by atoms with Gasteiger partial charge in [0.15, 0.2) is 0 Å². The molecule has 1 N–H and O–H groups in total. The molecule has 0 aliphatic rings. The zero-order chi connectivity index (χ0) is 19.9. The second-order valence-electron chi connectivity index (χ2n) is 6.79. The van der Waals surface area contributed by atoms with E-state index in [1.807, 2.05) is 44.2 Å². The maximum absolute atomic E-state index is 12.9. The Morgan fingerprint density at radius 3 is 2.25 bits per heavy atom. The monoisotopic (exact) mass is 378 g/mol. The third kappa shape index (κ3) is 5.13. The van der Waals surface area contributed by atoms with Crippen LogP contribution in [0, 0.1) is 5.82 Å². The van der Waals surface area contributed by atoms with Gasteiger partial charge in [-0.25, -0.2) is 14.4 Å². The highest BCUT2D eigenvalue weighted by molar-refractivity contribution is 5.93. The number of carbonyl (C=O) groups is 1. The number of aromatic nitrogens is 2. The molecule has 0 aliphatic heterocycles. The molecular formula is C22H23FN4O. The lowest BCUT2D eigenvalue weighted by Crippen LogP contribution is -2.36. The molecule has 3 rings (SSSR count). The van der Waals surface area contributed by atoms with E-state index in [2.05, 4.69) is 15.3 Å². The van der Waals surface area contributed by atoms with Crippen LogP contribution in [-0.2, 0) is 13.1 Å². The highest BCUT2D eigenvalue weighted by Gasteiger charge is 2.19. The van der Waals surface area contributed by atoms with E-state index in [0.717, 1.165) is 11.1 Å². The summed E-state index contributed by atoms with van der Waals surface area (Å²) in [7, 11) is 0. The first-order chi connectivity index (χ1) is 13.5. The van der Waals surface area contributed by atoms with Crippen LogP contribution in [0.15, 0.2) is 67.0 Å². The first kappa shape index (κ1) is 19.5. The second-order valence-corrected chi connectivity index (χ2v) is 6.79. The van der Waals surface area contributed by atoms with Crippen LogP contribution in [0.2, 0.25) is 0 Å². The number of anilines is 1. The molecule has 0 atom stereocenters. The van der Waals surface area contributed by atoms with Crippen LogP contribution in [0.25, 0.3) is 0 Å². The number of carbonyl (C=O) groups excluding carboxylic acids is 1. The summed E-state index contributed by atoms with van der Waals surface area (Å²) in [4.78, 5) is 23.2. The number of benzene rings is 2. The second kappa shape index (κ2) is 9.08. The van der Waals surface area contributed by atoms with Gasteiger partial charge in [0.2, 0.25) is 5.95 Å². The fourth-order valence-electron chi connectivity index (χ4n) is 2.75. The Morgan fingerprint density at radius 2 is 1.64 bits per heavy atom. The summed E-state index contributed by atoms with van der Waals surface area (Å²) in [6, 6.07) is 16.1. The number of rotatable bonds is 7. The summed E-state index contributed by atoms with van der Waals surface area (Å²) in [5.41, 5.74) is 2.43. The summed E-state index contributed by atoms with van der Waals surface area (Å²) in [5.74, 6) is 0.0389. The topological polar surface area (TPSA) is 58.1 Å². The average Bonchev–Trinajstić information content (AvgIpc) is 2.72. The molecule has 6 heteroatoms. The maximum Gasteiger partial charge on any atom is 0.257 e. The molecular weight excluding hydrogens is 355 g/mol. The van der Waals surface area contributed by atoms with Gasteiger partial charge in [0.1, 0.15) is 5.82 Å². The molecule has 2 aromatic carbocycles. The standard InChI is InChI=1S/C22H23FN4O/c1-16(2)27(15-18-6-4-3-5-7-18)21(28)19-13-25-22(26-14-19)24-12-17-8-10-20(23)11-9-17/h3-11,13-14,16H,12,15H2,1-2H3,(H,24,25,26). The molecule has 0 aliphatic carbocycles. The first-order valence-electron chi connectivity index (χ1n) is 9.18. The van der Waals surface area contributed by atoms with Crippen molar-refractivity contribution in [1.82, 2.24) is 14.9 Å². The molecule has 0 spiro atoms. The van der Waals surface area contributed by atoms with Crippen molar-refractivity contribution in [2.24, 2.45) is 0 Å². The van der Waals surface area contributed by atoms with Crippen LogP contribution in [0.3, 0.4) is 0 Å². The smallest absolute Gasteiger partial charge is 0.257 e. The van der Waals surface area contributed by atoms with Gasteiger partial charge >= 0.3 is 0 Å². The minimum absolute atomic E-state index is 0.0454. The van der Waals surface area contributed by atoms with Gasteiger partial charge in [-0.05, 0) is 37.1 Å². The molecule has 0 fully saturated rings. The number of hydrogen-bond donors (Lipinski definition) is 1. The minimum Gasteiger partial charge on any atom is -0.350 e. The van der Waals surface area contributed by atoms with E-state index in [1.54, 1.807) is 17.0 Å². The molecule has 0 bridgehead atoms. The van der Waals surface area contributed by atoms with Gasteiger partial charge in [-0.3, -0.25) is 4.79 Å². The molecule has 144 valence electrons. The molecule has 1 heterocycles. The predicted octanol–water partition coefficient (Wildman–Crippen LogP) is 4.28. The summed E-state index contributed by atoms with van der Waals surface area (Å²) >= 11 is 0. The van der Waals surface area contributed by atoms with Gasteiger partial charge in [-0.15, -0.1) is 0 Å². The van der Waals surface area contributed by atoms with Crippen molar-refractivity contribution in [2.75, 3.05) is 5.32 Å². The van der Waals surface area contributed by atoms with E-state index < -0.39 is 0 Å². The van der Waals surface area contributed by atoms with Crippen LogP contribution < -0.4 is 5.32 Å². The minimum atomic E-state index is -0.270. The SMILES string of the molecule is CC(C)N(Cc1ccccc1)C(=O)c1cnc(NCc2ccc(F)cc2)nc1. The number of amides is 1. The van der Waals surface area contributed by atoms with E-state index in [0.29, 0.717) is 24.6 Å². The molecule has 0 saturated heterocycles. The van der Waals surface area contributed by atoms with Crippen molar-refractivity contribution in [3.8, 4) is 0 Å². The highest BCUT2D eigenvalue weighted by atomic mass is 19.1. The fourth-order valence-corrected chi connectivity index (χ4v) is 2.75. The maximum atomic E-state index is 12.9. The Labute approximate surface area is 164 Å². The van der Waals surface area contributed by atoms with Gasteiger partial charge in [-0.2, -0.15) is 0 Å². The van der Waals surface area contributed by atoms with Gasteiger partial charge in [0.05, 0.1) is 5.56 Å². The van der Waals surface area contributed by atoms with Crippen molar-refractivity contribution in [2.45, 2.75) is 33.0 Å². The van der Waals surface area contributed by atoms with Crippen LogP contribution >= 0.6 is 0 Å². The summed E-state index contributed by atoms with van der Waals surface area (Å²) in [5, 5.41) is 3.07. The molecule has 3 aromatic rings. The lowest BCUT2D eigenvalue weighted by molar-refractivity contribution is 0.0689. The van der Waals surface area contributed by atoms with Crippen molar-refractivity contribution < 1.29 is 9.18 Å². The zero-order valence-corrected chi connectivity index (χ0v) is 16.0. The third-order valence-corrected chi connectivity index (χ3v) is 4.34. The summed E-state index contributed by atoms with van der Waals surface area (Å²) in [6.45, 7) is 4.97. The summed E-state index contributed by atoms with van der Waals surface area (Å²) < 4.78 is 12.9. The third-order valence-electron chi connectivity index (χ3n) is 4.34. The van der Waals surface area contributed by atoms with E-state index in [1.165, 1.54) is 24.5 Å². The number of halogens is 1. The Morgan fingerprint density at radius 1 is 1.00 bits per heavy atom. The van der Waals surface area contributed by atoms with Crippen LogP contribution in [0.1, 0.15) is 35.3 Å². The number of hydrogen-bond acceptors (Lipinski definition) is 4. The van der Waals surface area contributed by atoms with Crippen molar-refractivity contribution in [3.05, 3.63) is 89.5 Å². The van der Waals surface area contributed by atoms with Crippen molar-refractivity contribution in [3.63, 3.8) is 0 Å². The summed E-state index contributed by atoms with van der Waals surface area (Å²) in [6.07, 6.45) is 3.06. The molecule has 5 nitrogen and oxygen atoms in total. The van der Waals surface area contributed by atoms with E-state index in [-0.39, 0.29) is 17.8 Å². The molecule has 28 heavy (non-hydrogen) atoms. The number of nitrogens with one attached hydrogen (secondary N) is 1. The molecule has 1 aromatic heterocycles. The van der Waals surface area contributed by atoms with E-state index in [4.69, 9.17) is 0 Å². The first-order valence-corrected chi connectivity index (χ1v) is 9.18. The number of nitrogens with zero attached hydrogens (tertiary/aromatic N) is 3. The van der Waals surface area contributed by atoms with Crippen LogP contribution in [0.4, 0.5) is 10.3 Å². The Bertz CT molecular complexity index is 896.